The van der Waals surface area contributed by atoms with E-state index in [4.69, 9.17) is 0 Å². The first kappa shape index (κ1) is 15.7. The number of piperazine rings is 1. The number of nitriles is 1. The summed E-state index contributed by atoms with van der Waals surface area (Å²) in [6, 6.07) is 11.6. The number of nitrogens with zero attached hydrogens (tertiary/aromatic N) is 3. The molecule has 1 saturated heterocycles. The first-order chi connectivity index (χ1) is 11.2. The van der Waals surface area contributed by atoms with Crippen LogP contribution in [0, 0.1) is 17.1 Å². The van der Waals surface area contributed by atoms with Gasteiger partial charge in [-0.15, -0.1) is 11.3 Å². The van der Waals surface area contributed by atoms with Crippen LogP contribution in [0.5, 0.6) is 0 Å². The van der Waals surface area contributed by atoms with Crippen LogP contribution >= 0.6 is 11.3 Å². The van der Waals surface area contributed by atoms with E-state index >= 15 is 0 Å². The molecule has 1 aromatic carbocycles. The molecule has 1 aromatic heterocycles. The maximum atomic E-state index is 13.9. The minimum absolute atomic E-state index is 0.0269. The van der Waals surface area contributed by atoms with Crippen LogP contribution in [-0.2, 0) is 0 Å². The standard InChI is InChI=1S/C17H16FN3OS/c18-14-5-2-1-4-13(14)15(12-19)20-7-9-21(10-8-20)17(22)16-6-3-11-23-16/h1-6,11,15H,7-10H2. The molecule has 1 atom stereocenters. The molecular weight excluding hydrogens is 313 g/mol. The van der Waals surface area contributed by atoms with Gasteiger partial charge >= 0.3 is 0 Å². The van der Waals surface area contributed by atoms with Crippen LogP contribution in [0.15, 0.2) is 41.8 Å². The fourth-order valence-corrected chi connectivity index (χ4v) is 3.47. The SMILES string of the molecule is N#CC(c1ccccc1F)N1CCN(C(=O)c2cccs2)CC1. The van der Waals surface area contributed by atoms with Crippen LogP contribution in [0.3, 0.4) is 0 Å². The van der Waals surface area contributed by atoms with Crippen LogP contribution in [0.1, 0.15) is 21.3 Å². The zero-order valence-corrected chi connectivity index (χ0v) is 13.3. The Morgan fingerprint density at radius 3 is 2.52 bits per heavy atom. The Bertz CT molecular complexity index is 718. The molecule has 4 nitrogen and oxygen atoms in total. The molecule has 0 saturated carbocycles. The van der Waals surface area contributed by atoms with E-state index < -0.39 is 6.04 Å². The summed E-state index contributed by atoms with van der Waals surface area (Å²) in [7, 11) is 0. The highest BCUT2D eigenvalue weighted by atomic mass is 32.1. The van der Waals surface area contributed by atoms with Gasteiger partial charge in [0.05, 0.1) is 10.9 Å². The molecule has 1 amide bonds. The summed E-state index contributed by atoms with van der Waals surface area (Å²) in [5, 5.41) is 11.3. The molecular formula is C17H16FN3OS. The van der Waals surface area contributed by atoms with Crippen molar-refractivity contribution in [3.05, 3.63) is 58.0 Å². The average molecular weight is 329 g/mol. The third-order valence-corrected chi connectivity index (χ3v) is 4.88. The molecule has 3 rings (SSSR count). The van der Waals surface area contributed by atoms with Gasteiger partial charge in [-0.25, -0.2) is 4.39 Å². The summed E-state index contributed by atoms with van der Waals surface area (Å²) >= 11 is 1.43. The number of amides is 1. The van der Waals surface area contributed by atoms with Crippen LogP contribution < -0.4 is 0 Å². The molecule has 0 aliphatic carbocycles. The number of thiophene rings is 1. The van der Waals surface area contributed by atoms with Crippen LogP contribution in [0.4, 0.5) is 4.39 Å². The Labute approximate surface area is 138 Å². The summed E-state index contributed by atoms with van der Waals surface area (Å²) in [4.78, 5) is 16.8. The molecule has 6 heteroatoms. The third-order valence-electron chi connectivity index (χ3n) is 4.02. The second-order valence-corrected chi connectivity index (χ2v) is 6.31. The van der Waals surface area contributed by atoms with Crippen molar-refractivity contribution in [3.8, 4) is 6.07 Å². The number of rotatable bonds is 3. The molecule has 1 aliphatic rings. The molecule has 2 aromatic rings. The highest BCUT2D eigenvalue weighted by molar-refractivity contribution is 7.12. The number of carbonyl (C=O) groups is 1. The normalized spacial score (nSPS) is 16.8. The predicted octanol–water partition coefficient (Wildman–Crippen LogP) is 2.91. The van der Waals surface area contributed by atoms with E-state index in [1.165, 1.54) is 17.4 Å². The van der Waals surface area contributed by atoms with Crippen LogP contribution in [0.25, 0.3) is 0 Å². The lowest BCUT2D eigenvalue weighted by atomic mass is 10.0. The number of hydrogen-bond donors (Lipinski definition) is 0. The number of benzene rings is 1. The first-order valence-electron chi connectivity index (χ1n) is 7.41. The van der Waals surface area contributed by atoms with E-state index in [2.05, 4.69) is 6.07 Å². The molecule has 118 valence electrons. The Morgan fingerprint density at radius 2 is 1.91 bits per heavy atom. The zero-order chi connectivity index (χ0) is 16.2. The highest BCUT2D eigenvalue weighted by Crippen LogP contribution is 2.24. The maximum Gasteiger partial charge on any atom is 0.264 e. The molecule has 0 spiro atoms. The van der Waals surface area contributed by atoms with Crippen molar-refractivity contribution in [1.29, 1.82) is 5.26 Å². The van der Waals surface area contributed by atoms with Crippen molar-refractivity contribution in [2.45, 2.75) is 6.04 Å². The summed E-state index contributed by atoms with van der Waals surface area (Å²) in [6.45, 7) is 2.21. The second kappa shape index (κ2) is 6.90. The quantitative estimate of drug-likeness (QED) is 0.870. The molecule has 0 N–H and O–H groups in total. The smallest absolute Gasteiger partial charge is 0.264 e. The van der Waals surface area contributed by atoms with Crippen molar-refractivity contribution in [2.24, 2.45) is 0 Å². The van der Waals surface area contributed by atoms with Crippen molar-refractivity contribution in [1.82, 2.24) is 9.80 Å². The Morgan fingerprint density at radius 1 is 1.17 bits per heavy atom. The minimum Gasteiger partial charge on any atom is -0.335 e. The summed E-state index contributed by atoms with van der Waals surface area (Å²) in [5.41, 5.74) is 0.396. The Hall–Kier alpha value is -2.23. The molecule has 2 heterocycles. The Balaban J connectivity index is 1.67. The zero-order valence-electron chi connectivity index (χ0n) is 12.5. The van der Waals surface area contributed by atoms with Crippen molar-refractivity contribution in [3.63, 3.8) is 0 Å². The lowest BCUT2D eigenvalue weighted by Crippen LogP contribution is -2.49. The lowest BCUT2D eigenvalue weighted by Gasteiger charge is -2.36. The molecule has 1 unspecified atom stereocenters. The van der Waals surface area contributed by atoms with E-state index in [0.29, 0.717) is 31.7 Å². The van der Waals surface area contributed by atoms with Crippen molar-refractivity contribution < 1.29 is 9.18 Å². The third kappa shape index (κ3) is 3.26. The minimum atomic E-state index is -0.616. The number of halogens is 1. The van der Waals surface area contributed by atoms with Gasteiger partial charge in [-0.3, -0.25) is 9.69 Å². The van der Waals surface area contributed by atoms with Crippen molar-refractivity contribution >= 4 is 17.2 Å². The lowest BCUT2D eigenvalue weighted by molar-refractivity contribution is 0.0609. The van der Waals surface area contributed by atoms with Crippen LogP contribution in [0.2, 0.25) is 0 Å². The van der Waals surface area contributed by atoms with Gasteiger partial charge in [0.2, 0.25) is 0 Å². The van der Waals surface area contributed by atoms with E-state index in [1.54, 1.807) is 23.1 Å². The van der Waals surface area contributed by atoms with E-state index in [-0.39, 0.29) is 11.7 Å². The van der Waals surface area contributed by atoms with Gasteiger partial charge in [0.1, 0.15) is 11.9 Å². The predicted molar refractivity (Wildman–Crippen MR) is 86.5 cm³/mol. The van der Waals surface area contributed by atoms with E-state index in [9.17, 15) is 14.4 Å². The largest absolute Gasteiger partial charge is 0.335 e. The fourth-order valence-electron chi connectivity index (χ4n) is 2.78. The number of carbonyl (C=O) groups excluding carboxylic acids is 1. The molecule has 0 bridgehead atoms. The van der Waals surface area contributed by atoms with Gasteiger partial charge in [0, 0.05) is 31.7 Å². The number of hydrogen-bond acceptors (Lipinski definition) is 4. The van der Waals surface area contributed by atoms with Gasteiger partial charge < -0.3 is 4.90 Å². The van der Waals surface area contributed by atoms with Gasteiger partial charge in [-0.2, -0.15) is 5.26 Å². The highest BCUT2D eigenvalue weighted by Gasteiger charge is 2.28. The van der Waals surface area contributed by atoms with Gasteiger partial charge in [-0.1, -0.05) is 24.3 Å². The molecule has 1 aliphatic heterocycles. The molecule has 23 heavy (non-hydrogen) atoms. The topological polar surface area (TPSA) is 47.3 Å². The van der Waals surface area contributed by atoms with E-state index in [0.717, 1.165) is 4.88 Å². The molecule has 1 fully saturated rings. The van der Waals surface area contributed by atoms with Crippen molar-refractivity contribution in [2.75, 3.05) is 26.2 Å². The summed E-state index contributed by atoms with van der Waals surface area (Å²) in [5.74, 6) is -0.338. The second-order valence-electron chi connectivity index (χ2n) is 5.36. The summed E-state index contributed by atoms with van der Waals surface area (Å²) in [6.07, 6.45) is 0. The van der Waals surface area contributed by atoms with Gasteiger partial charge in [-0.05, 0) is 17.5 Å². The maximum absolute atomic E-state index is 13.9. The molecule has 0 radical (unpaired) electrons. The van der Waals surface area contributed by atoms with E-state index in [1.807, 2.05) is 22.4 Å². The first-order valence-corrected chi connectivity index (χ1v) is 8.29. The fraction of sp³-hybridized carbons (Fsp3) is 0.294. The van der Waals surface area contributed by atoms with Crippen LogP contribution in [-0.4, -0.2) is 41.9 Å². The van der Waals surface area contributed by atoms with Gasteiger partial charge in [0.15, 0.2) is 0 Å². The summed E-state index contributed by atoms with van der Waals surface area (Å²) < 4.78 is 13.9. The monoisotopic (exact) mass is 329 g/mol. The Kier molecular flexibility index (Phi) is 4.70. The van der Waals surface area contributed by atoms with Gasteiger partial charge in [0.25, 0.3) is 5.91 Å². The average Bonchev–Trinajstić information content (AvgIpc) is 3.12.